The third-order valence-electron chi connectivity index (χ3n) is 5.34. The van der Waals surface area contributed by atoms with E-state index in [4.69, 9.17) is 14.2 Å². The zero-order valence-corrected chi connectivity index (χ0v) is 19.3. The molecule has 1 N–H and O–H groups in total. The molecule has 0 radical (unpaired) electrons. The zero-order chi connectivity index (χ0) is 24.0. The van der Waals surface area contributed by atoms with Crippen molar-refractivity contribution in [1.29, 1.82) is 0 Å². The van der Waals surface area contributed by atoms with Crippen LogP contribution >= 0.6 is 0 Å². The lowest BCUT2D eigenvalue weighted by Gasteiger charge is -2.13. The highest BCUT2D eigenvalue weighted by Gasteiger charge is 2.11. The maximum absolute atomic E-state index is 6.08. The van der Waals surface area contributed by atoms with Gasteiger partial charge in [-0.25, -0.2) is 4.98 Å². The van der Waals surface area contributed by atoms with Crippen molar-refractivity contribution in [3.63, 3.8) is 0 Å². The summed E-state index contributed by atoms with van der Waals surface area (Å²) in [5.41, 5.74) is 4.91. The van der Waals surface area contributed by atoms with Crippen LogP contribution in [0.25, 0.3) is 22.3 Å². The molecule has 8 nitrogen and oxygen atoms in total. The maximum atomic E-state index is 6.08. The Morgan fingerprint density at radius 3 is 2.43 bits per heavy atom. The first-order chi connectivity index (χ1) is 17.2. The Morgan fingerprint density at radius 1 is 0.829 bits per heavy atom. The van der Waals surface area contributed by atoms with Crippen LogP contribution in [-0.4, -0.2) is 34.4 Å². The highest BCUT2D eigenvalue weighted by atomic mass is 16.5. The number of ether oxygens (including phenoxy) is 3. The Kier molecular flexibility index (Phi) is 6.45. The van der Waals surface area contributed by atoms with Gasteiger partial charge in [-0.15, -0.1) is 10.2 Å². The minimum absolute atomic E-state index is 0.409. The molecule has 0 saturated heterocycles. The summed E-state index contributed by atoms with van der Waals surface area (Å²) >= 11 is 0. The number of pyridine rings is 2. The first-order valence-corrected chi connectivity index (χ1v) is 11.0. The van der Waals surface area contributed by atoms with Crippen LogP contribution in [0.15, 0.2) is 85.2 Å². The molecule has 0 aliphatic rings. The van der Waals surface area contributed by atoms with Crippen LogP contribution in [0.2, 0.25) is 0 Å². The molecule has 0 atom stereocenters. The third-order valence-corrected chi connectivity index (χ3v) is 5.34. The Hall–Kier alpha value is -4.56. The summed E-state index contributed by atoms with van der Waals surface area (Å²) in [6.07, 6.45) is 3.33. The number of fused-ring (bicyclic) bond motifs is 1. The summed E-state index contributed by atoms with van der Waals surface area (Å²) in [4.78, 5) is 8.77. The Balaban J connectivity index is 1.35. The van der Waals surface area contributed by atoms with Crippen molar-refractivity contribution in [3.8, 4) is 28.5 Å². The monoisotopic (exact) mass is 465 g/mol. The molecule has 35 heavy (non-hydrogen) atoms. The van der Waals surface area contributed by atoms with Gasteiger partial charge in [0.1, 0.15) is 17.0 Å². The van der Waals surface area contributed by atoms with Gasteiger partial charge in [-0.1, -0.05) is 30.3 Å². The van der Waals surface area contributed by atoms with E-state index in [2.05, 4.69) is 25.5 Å². The normalized spacial score (nSPS) is 10.8. The summed E-state index contributed by atoms with van der Waals surface area (Å²) in [5.74, 6) is 2.56. The Bertz CT molecular complexity index is 1440. The summed E-state index contributed by atoms with van der Waals surface area (Å²) in [7, 11) is 3.26. The highest BCUT2D eigenvalue weighted by Crippen LogP contribution is 2.30. The van der Waals surface area contributed by atoms with E-state index in [-0.39, 0.29) is 0 Å². The number of hydrogen-bond donors (Lipinski definition) is 1. The third kappa shape index (κ3) is 5.02. The Labute approximate surface area is 202 Å². The number of hydrogen-bond acceptors (Lipinski definition) is 8. The van der Waals surface area contributed by atoms with E-state index in [1.165, 1.54) is 0 Å². The fraction of sp³-hybridized carbons (Fsp3) is 0.111. The van der Waals surface area contributed by atoms with Gasteiger partial charge < -0.3 is 19.5 Å². The predicted molar refractivity (Wildman–Crippen MR) is 134 cm³/mol. The van der Waals surface area contributed by atoms with E-state index in [1.54, 1.807) is 32.7 Å². The number of anilines is 2. The number of nitrogens with zero attached hydrogens (tertiary/aromatic N) is 4. The minimum Gasteiger partial charge on any atom is -0.495 e. The van der Waals surface area contributed by atoms with E-state index in [1.807, 2.05) is 66.7 Å². The topological polar surface area (TPSA) is 91.3 Å². The molecule has 5 rings (SSSR count). The molecule has 0 spiro atoms. The van der Waals surface area contributed by atoms with Gasteiger partial charge in [0.15, 0.2) is 11.6 Å². The molecule has 0 aliphatic heterocycles. The van der Waals surface area contributed by atoms with Gasteiger partial charge in [-0.05, 0) is 30.3 Å². The molecular formula is C27H23N5O3. The molecule has 8 heteroatoms. The predicted octanol–water partition coefficient (Wildman–Crippen LogP) is 5.78. The molecule has 0 amide bonds. The van der Waals surface area contributed by atoms with Crippen LogP contribution in [0.4, 0.5) is 11.5 Å². The first-order valence-electron chi connectivity index (χ1n) is 11.0. The van der Waals surface area contributed by atoms with Gasteiger partial charge in [-0.2, -0.15) is 0 Å². The second-order valence-corrected chi connectivity index (χ2v) is 7.71. The fourth-order valence-corrected chi connectivity index (χ4v) is 3.60. The number of nitrogens with one attached hydrogen (secondary N) is 1. The second-order valence-electron chi connectivity index (χ2n) is 7.71. The lowest BCUT2D eigenvalue weighted by atomic mass is 10.1. The van der Waals surface area contributed by atoms with Crippen molar-refractivity contribution in [2.75, 3.05) is 19.5 Å². The van der Waals surface area contributed by atoms with E-state index in [0.717, 1.165) is 22.5 Å². The lowest BCUT2D eigenvalue weighted by molar-refractivity contribution is 0.185. The standard InChI is InChI=1S/C27H23N5O3/c1-33-17-19-14-23(18-6-4-3-5-7-18)31-32-27(19)30-20-8-10-21(11-9-20)35-25-12-13-28-24-15-22(34-2)16-29-26(24)25/h3-16H,17H2,1-2H3,(H,30,32). The molecule has 2 aromatic carbocycles. The quantitative estimate of drug-likeness (QED) is 0.308. The molecule has 0 fully saturated rings. The van der Waals surface area contributed by atoms with Crippen molar-refractivity contribution in [2.45, 2.75) is 6.61 Å². The molecule has 3 aromatic heterocycles. The van der Waals surface area contributed by atoms with Crippen LogP contribution in [0.3, 0.4) is 0 Å². The van der Waals surface area contributed by atoms with Crippen LogP contribution in [-0.2, 0) is 11.3 Å². The lowest BCUT2D eigenvalue weighted by Crippen LogP contribution is -2.03. The summed E-state index contributed by atoms with van der Waals surface area (Å²) < 4.78 is 16.7. The van der Waals surface area contributed by atoms with E-state index in [9.17, 15) is 0 Å². The highest BCUT2D eigenvalue weighted by molar-refractivity contribution is 5.81. The zero-order valence-electron chi connectivity index (χ0n) is 19.3. The molecule has 0 saturated carbocycles. The molecular weight excluding hydrogens is 442 g/mol. The molecule has 5 aromatic rings. The summed E-state index contributed by atoms with van der Waals surface area (Å²) in [5, 5.41) is 12.1. The summed E-state index contributed by atoms with van der Waals surface area (Å²) in [6, 6.07) is 23.1. The molecule has 0 bridgehead atoms. The Morgan fingerprint density at radius 2 is 1.66 bits per heavy atom. The number of rotatable bonds is 8. The molecule has 0 unspecified atom stereocenters. The van der Waals surface area contributed by atoms with E-state index < -0.39 is 0 Å². The van der Waals surface area contributed by atoms with Crippen LogP contribution < -0.4 is 14.8 Å². The van der Waals surface area contributed by atoms with Gasteiger partial charge in [0.2, 0.25) is 0 Å². The largest absolute Gasteiger partial charge is 0.495 e. The van der Waals surface area contributed by atoms with Crippen LogP contribution in [0, 0.1) is 0 Å². The number of methoxy groups -OCH3 is 2. The fourth-order valence-electron chi connectivity index (χ4n) is 3.60. The van der Waals surface area contributed by atoms with Gasteiger partial charge in [0.25, 0.3) is 0 Å². The smallest absolute Gasteiger partial charge is 0.158 e. The SMILES string of the molecule is COCc1cc(-c2ccccc2)nnc1Nc1ccc(Oc2ccnc3cc(OC)cnc23)cc1. The molecule has 174 valence electrons. The molecule has 0 aliphatic carbocycles. The molecule has 3 heterocycles. The minimum atomic E-state index is 0.409. The van der Waals surface area contributed by atoms with Crippen LogP contribution in [0.1, 0.15) is 5.56 Å². The van der Waals surface area contributed by atoms with Gasteiger partial charge >= 0.3 is 0 Å². The van der Waals surface area contributed by atoms with E-state index >= 15 is 0 Å². The van der Waals surface area contributed by atoms with Crippen LogP contribution in [0.5, 0.6) is 17.2 Å². The van der Waals surface area contributed by atoms with Crippen molar-refractivity contribution in [1.82, 2.24) is 20.2 Å². The average molecular weight is 466 g/mol. The number of aromatic nitrogens is 4. The average Bonchev–Trinajstić information content (AvgIpc) is 2.91. The van der Waals surface area contributed by atoms with Crippen molar-refractivity contribution >= 4 is 22.5 Å². The maximum Gasteiger partial charge on any atom is 0.158 e. The van der Waals surface area contributed by atoms with Crippen molar-refractivity contribution < 1.29 is 14.2 Å². The number of benzene rings is 2. The van der Waals surface area contributed by atoms with Gasteiger partial charge in [0, 0.05) is 42.3 Å². The van der Waals surface area contributed by atoms with Crippen molar-refractivity contribution in [2.24, 2.45) is 0 Å². The summed E-state index contributed by atoms with van der Waals surface area (Å²) in [6.45, 7) is 0.409. The van der Waals surface area contributed by atoms with E-state index in [0.29, 0.717) is 40.7 Å². The van der Waals surface area contributed by atoms with Gasteiger partial charge in [-0.3, -0.25) is 4.98 Å². The van der Waals surface area contributed by atoms with Gasteiger partial charge in [0.05, 0.1) is 31.1 Å². The van der Waals surface area contributed by atoms with Crippen molar-refractivity contribution in [3.05, 3.63) is 90.8 Å². The first kappa shape index (κ1) is 22.2. The second kappa shape index (κ2) is 10.1.